The lowest BCUT2D eigenvalue weighted by Crippen LogP contribution is -2.47. The SMILES string of the molecule is CCOc1nc(C#N)nc2c1CC[C@H]1[C@H](C)C(=O)CC[C@]21C. The molecule has 5 nitrogen and oxygen atoms in total. The van der Waals surface area contributed by atoms with Gasteiger partial charge in [0, 0.05) is 23.3 Å². The molecule has 2 aliphatic rings. The summed E-state index contributed by atoms with van der Waals surface area (Å²) in [5.41, 5.74) is 1.79. The molecule has 0 aliphatic heterocycles. The fourth-order valence-electron chi connectivity index (χ4n) is 4.20. The van der Waals surface area contributed by atoms with Gasteiger partial charge in [-0.05, 0) is 32.1 Å². The highest BCUT2D eigenvalue weighted by Crippen LogP contribution is 2.51. The Bertz CT molecular complexity index is 665. The van der Waals surface area contributed by atoms with Crippen LogP contribution < -0.4 is 4.74 Å². The Morgan fingerprint density at radius 1 is 1.41 bits per heavy atom. The number of carbonyl (C=O) groups excluding carboxylic acids is 1. The molecule has 3 rings (SSSR count). The van der Waals surface area contributed by atoms with Crippen molar-refractivity contribution in [3.05, 3.63) is 17.1 Å². The summed E-state index contributed by atoms with van der Waals surface area (Å²) in [6.07, 6.45) is 3.14. The Labute approximate surface area is 130 Å². The summed E-state index contributed by atoms with van der Waals surface area (Å²) in [5.74, 6) is 1.41. The summed E-state index contributed by atoms with van der Waals surface area (Å²) in [6.45, 7) is 6.65. The molecule has 5 heteroatoms. The van der Waals surface area contributed by atoms with Crippen LogP contribution in [0.15, 0.2) is 0 Å². The van der Waals surface area contributed by atoms with Gasteiger partial charge in [0.15, 0.2) is 0 Å². The molecule has 3 atom stereocenters. The van der Waals surface area contributed by atoms with E-state index < -0.39 is 0 Å². The molecule has 1 fully saturated rings. The van der Waals surface area contributed by atoms with Gasteiger partial charge in [-0.25, -0.2) is 4.98 Å². The van der Waals surface area contributed by atoms with E-state index in [-0.39, 0.29) is 23.1 Å². The number of hydrogen-bond donors (Lipinski definition) is 0. The van der Waals surface area contributed by atoms with Crippen LogP contribution in [0.3, 0.4) is 0 Å². The van der Waals surface area contributed by atoms with E-state index >= 15 is 0 Å². The number of carbonyl (C=O) groups is 1. The number of aromatic nitrogens is 2. The minimum absolute atomic E-state index is 0.0583. The Morgan fingerprint density at radius 3 is 2.86 bits per heavy atom. The van der Waals surface area contributed by atoms with Gasteiger partial charge in [-0.2, -0.15) is 10.2 Å². The first-order valence-corrected chi connectivity index (χ1v) is 7.98. The van der Waals surface area contributed by atoms with Crippen LogP contribution in [-0.4, -0.2) is 22.4 Å². The van der Waals surface area contributed by atoms with E-state index in [1.807, 2.05) is 19.9 Å². The lowest BCUT2D eigenvalue weighted by Gasteiger charge is -2.47. The Balaban J connectivity index is 2.15. The van der Waals surface area contributed by atoms with Gasteiger partial charge in [-0.3, -0.25) is 4.79 Å². The third kappa shape index (κ3) is 2.09. The minimum Gasteiger partial charge on any atom is -0.478 e. The molecule has 116 valence electrons. The molecule has 1 aromatic heterocycles. The Morgan fingerprint density at radius 2 is 2.18 bits per heavy atom. The maximum Gasteiger partial charge on any atom is 0.235 e. The monoisotopic (exact) mass is 299 g/mol. The van der Waals surface area contributed by atoms with Crippen molar-refractivity contribution in [1.82, 2.24) is 9.97 Å². The zero-order valence-corrected chi connectivity index (χ0v) is 13.3. The van der Waals surface area contributed by atoms with Crippen LogP contribution in [0.25, 0.3) is 0 Å². The highest BCUT2D eigenvalue weighted by Gasteiger charge is 2.49. The summed E-state index contributed by atoms with van der Waals surface area (Å²) in [7, 11) is 0. The van der Waals surface area contributed by atoms with Crippen molar-refractivity contribution in [1.29, 1.82) is 5.26 Å². The fourth-order valence-corrected chi connectivity index (χ4v) is 4.20. The number of hydrogen-bond acceptors (Lipinski definition) is 5. The number of nitriles is 1. The second-order valence-electron chi connectivity index (χ2n) is 6.54. The van der Waals surface area contributed by atoms with E-state index in [0.717, 1.165) is 30.5 Å². The molecule has 0 bridgehead atoms. The van der Waals surface area contributed by atoms with E-state index in [9.17, 15) is 10.1 Å². The summed E-state index contributed by atoms with van der Waals surface area (Å²) >= 11 is 0. The summed E-state index contributed by atoms with van der Waals surface area (Å²) < 4.78 is 5.65. The topological polar surface area (TPSA) is 75.9 Å². The predicted octanol–water partition coefficient (Wildman–Crippen LogP) is 2.57. The molecular formula is C17H21N3O2. The number of nitrogens with zero attached hydrogens (tertiary/aromatic N) is 3. The first-order chi connectivity index (χ1) is 10.5. The number of ether oxygens (including phenoxy) is 1. The molecule has 1 saturated carbocycles. The van der Waals surface area contributed by atoms with Crippen LogP contribution >= 0.6 is 0 Å². The van der Waals surface area contributed by atoms with Gasteiger partial charge in [-0.15, -0.1) is 0 Å². The second kappa shape index (κ2) is 5.35. The van der Waals surface area contributed by atoms with Crippen molar-refractivity contribution in [3.63, 3.8) is 0 Å². The van der Waals surface area contributed by atoms with Crippen molar-refractivity contribution >= 4 is 5.78 Å². The largest absolute Gasteiger partial charge is 0.478 e. The van der Waals surface area contributed by atoms with Crippen molar-refractivity contribution in [3.8, 4) is 11.9 Å². The normalized spacial score (nSPS) is 30.2. The quantitative estimate of drug-likeness (QED) is 0.839. The molecule has 0 aromatic carbocycles. The maximum absolute atomic E-state index is 12.1. The number of fused-ring (bicyclic) bond motifs is 3. The average molecular weight is 299 g/mol. The van der Waals surface area contributed by atoms with Crippen molar-refractivity contribution in [2.45, 2.75) is 51.9 Å². The van der Waals surface area contributed by atoms with E-state index in [2.05, 4.69) is 16.9 Å². The molecule has 0 spiro atoms. The summed E-state index contributed by atoms with van der Waals surface area (Å²) in [4.78, 5) is 20.8. The van der Waals surface area contributed by atoms with Gasteiger partial charge in [0.05, 0.1) is 12.3 Å². The van der Waals surface area contributed by atoms with E-state index in [0.29, 0.717) is 24.7 Å². The van der Waals surface area contributed by atoms with Crippen LogP contribution in [0.1, 0.15) is 57.1 Å². The average Bonchev–Trinajstić information content (AvgIpc) is 2.52. The zero-order chi connectivity index (χ0) is 15.9. The maximum atomic E-state index is 12.1. The molecule has 0 amide bonds. The highest BCUT2D eigenvalue weighted by atomic mass is 16.5. The number of Topliss-reactive ketones (excluding diaryl/α,β-unsaturated/α-hetero) is 1. The molecule has 0 saturated heterocycles. The zero-order valence-electron chi connectivity index (χ0n) is 13.3. The molecule has 0 N–H and O–H groups in total. The van der Waals surface area contributed by atoms with Gasteiger partial charge in [-0.1, -0.05) is 13.8 Å². The van der Waals surface area contributed by atoms with Crippen LogP contribution in [-0.2, 0) is 16.6 Å². The van der Waals surface area contributed by atoms with E-state index in [1.165, 1.54) is 0 Å². The van der Waals surface area contributed by atoms with Crippen LogP contribution in [0.5, 0.6) is 5.88 Å². The van der Waals surface area contributed by atoms with Gasteiger partial charge >= 0.3 is 0 Å². The lowest BCUT2D eigenvalue weighted by molar-refractivity contribution is -0.128. The number of rotatable bonds is 2. The first-order valence-electron chi connectivity index (χ1n) is 7.98. The van der Waals surface area contributed by atoms with Gasteiger partial charge < -0.3 is 4.74 Å². The molecule has 0 unspecified atom stereocenters. The Kier molecular flexibility index (Phi) is 3.64. The lowest BCUT2D eigenvalue weighted by atomic mass is 9.56. The van der Waals surface area contributed by atoms with Gasteiger partial charge in [0.25, 0.3) is 0 Å². The van der Waals surface area contributed by atoms with Crippen LogP contribution in [0.2, 0.25) is 0 Å². The summed E-state index contributed by atoms with van der Waals surface area (Å²) in [5, 5.41) is 9.22. The molecule has 0 radical (unpaired) electrons. The molecule has 1 aromatic rings. The minimum atomic E-state index is -0.165. The van der Waals surface area contributed by atoms with Crippen molar-refractivity contribution in [2.24, 2.45) is 11.8 Å². The molecular weight excluding hydrogens is 278 g/mol. The first kappa shape index (κ1) is 15.0. The number of ketones is 1. The highest BCUT2D eigenvalue weighted by molar-refractivity contribution is 5.82. The standard InChI is InChI=1S/C17H21N3O2/c1-4-22-16-11-5-6-12-10(2)13(21)7-8-17(12,3)15(11)19-14(9-18)20-16/h10,12H,4-8H2,1-3H3/t10-,12-,17-/m0/s1. The third-order valence-electron chi connectivity index (χ3n) is 5.42. The van der Waals surface area contributed by atoms with Gasteiger partial charge in [0.2, 0.25) is 11.7 Å². The van der Waals surface area contributed by atoms with E-state index in [4.69, 9.17) is 4.74 Å². The fraction of sp³-hybridized carbons (Fsp3) is 0.647. The summed E-state index contributed by atoms with van der Waals surface area (Å²) in [6, 6.07) is 2.04. The van der Waals surface area contributed by atoms with E-state index in [1.54, 1.807) is 0 Å². The van der Waals surface area contributed by atoms with Crippen molar-refractivity contribution < 1.29 is 9.53 Å². The predicted molar refractivity (Wildman–Crippen MR) is 80.5 cm³/mol. The molecule has 1 heterocycles. The van der Waals surface area contributed by atoms with Crippen molar-refractivity contribution in [2.75, 3.05) is 6.61 Å². The van der Waals surface area contributed by atoms with Gasteiger partial charge in [0.1, 0.15) is 11.9 Å². The molecule has 22 heavy (non-hydrogen) atoms. The Hall–Kier alpha value is -1.96. The molecule has 2 aliphatic carbocycles. The second-order valence-corrected chi connectivity index (χ2v) is 6.54. The van der Waals surface area contributed by atoms with Crippen LogP contribution in [0, 0.1) is 23.2 Å². The van der Waals surface area contributed by atoms with Crippen LogP contribution in [0.4, 0.5) is 0 Å². The smallest absolute Gasteiger partial charge is 0.235 e. The third-order valence-corrected chi connectivity index (χ3v) is 5.42.